The standard InChI is InChI=1S/C23H23ClN2O4S/c1-15-5-6-17(3)23(11-15)31(27,28)30-21-10-8-18(12-22(21)29-4)14-25-26-19-9-7-16(2)20(24)13-19/h5-14,26H,1-4H3/b25-14-. The van der Waals surface area contributed by atoms with Crippen LogP contribution in [0.3, 0.4) is 0 Å². The molecule has 0 aliphatic rings. The number of hydrogen-bond acceptors (Lipinski definition) is 6. The Morgan fingerprint density at radius 2 is 1.68 bits per heavy atom. The molecule has 0 heterocycles. The van der Waals surface area contributed by atoms with Crippen LogP contribution < -0.4 is 14.3 Å². The van der Waals surface area contributed by atoms with Crippen molar-refractivity contribution in [2.24, 2.45) is 5.10 Å². The number of methoxy groups -OCH3 is 1. The highest BCUT2D eigenvalue weighted by Gasteiger charge is 2.21. The van der Waals surface area contributed by atoms with E-state index in [-0.39, 0.29) is 16.4 Å². The molecule has 0 radical (unpaired) electrons. The summed E-state index contributed by atoms with van der Waals surface area (Å²) < 4.78 is 36.3. The number of benzene rings is 3. The van der Waals surface area contributed by atoms with E-state index >= 15 is 0 Å². The first kappa shape index (κ1) is 22.7. The first-order valence-electron chi connectivity index (χ1n) is 9.44. The Kier molecular flexibility index (Phi) is 6.87. The molecule has 8 heteroatoms. The van der Waals surface area contributed by atoms with E-state index in [9.17, 15) is 8.42 Å². The van der Waals surface area contributed by atoms with Gasteiger partial charge in [-0.05, 0) is 79.4 Å². The van der Waals surface area contributed by atoms with Crippen molar-refractivity contribution in [1.82, 2.24) is 0 Å². The molecule has 0 aliphatic heterocycles. The van der Waals surface area contributed by atoms with E-state index in [0.717, 1.165) is 16.8 Å². The van der Waals surface area contributed by atoms with Gasteiger partial charge in [0.15, 0.2) is 11.5 Å². The van der Waals surface area contributed by atoms with Gasteiger partial charge in [-0.15, -0.1) is 0 Å². The lowest BCUT2D eigenvalue weighted by atomic mass is 10.2. The summed E-state index contributed by atoms with van der Waals surface area (Å²) in [5, 5.41) is 4.83. The molecule has 0 aliphatic carbocycles. The van der Waals surface area contributed by atoms with Crippen LogP contribution in [0.25, 0.3) is 0 Å². The van der Waals surface area contributed by atoms with Gasteiger partial charge < -0.3 is 8.92 Å². The summed E-state index contributed by atoms with van der Waals surface area (Å²) in [4.78, 5) is 0.126. The number of hydrogen-bond donors (Lipinski definition) is 1. The quantitative estimate of drug-likeness (QED) is 0.288. The maximum Gasteiger partial charge on any atom is 0.339 e. The third-order valence-electron chi connectivity index (χ3n) is 4.58. The van der Waals surface area contributed by atoms with Crippen LogP contribution in [0.2, 0.25) is 5.02 Å². The summed E-state index contributed by atoms with van der Waals surface area (Å²) in [6.45, 7) is 5.47. The fourth-order valence-corrected chi connectivity index (χ4v) is 4.25. The molecule has 0 spiro atoms. The number of halogens is 1. The summed E-state index contributed by atoms with van der Waals surface area (Å²) in [6.07, 6.45) is 1.58. The molecule has 31 heavy (non-hydrogen) atoms. The van der Waals surface area contributed by atoms with Crippen LogP contribution in [0.1, 0.15) is 22.3 Å². The van der Waals surface area contributed by atoms with E-state index in [1.54, 1.807) is 43.5 Å². The van der Waals surface area contributed by atoms with Gasteiger partial charge in [-0.1, -0.05) is 29.8 Å². The van der Waals surface area contributed by atoms with Crippen molar-refractivity contribution in [1.29, 1.82) is 0 Å². The van der Waals surface area contributed by atoms with Gasteiger partial charge in [-0.25, -0.2) is 0 Å². The molecular formula is C23H23ClN2O4S. The Labute approximate surface area is 187 Å². The molecule has 1 N–H and O–H groups in total. The van der Waals surface area contributed by atoms with Crippen molar-refractivity contribution in [2.45, 2.75) is 25.7 Å². The van der Waals surface area contributed by atoms with E-state index in [4.69, 9.17) is 20.5 Å². The zero-order valence-corrected chi connectivity index (χ0v) is 19.2. The molecule has 0 aromatic heterocycles. The van der Waals surface area contributed by atoms with E-state index in [0.29, 0.717) is 16.1 Å². The zero-order chi connectivity index (χ0) is 22.6. The monoisotopic (exact) mass is 458 g/mol. The van der Waals surface area contributed by atoms with Crippen LogP contribution in [0, 0.1) is 20.8 Å². The Bertz CT molecular complexity index is 1240. The zero-order valence-electron chi connectivity index (χ0n) is 17.6. The first-order valence-corrected chi connectivity index (χ1v) is 11.2. The molecule has 3 rings (SSSR count). The minimum absolute atomic E-state index is 0.0961. The van der Waals surface area contributed by atoms with Crippen molar-refractivity contribution in [3.05, 3.63) is 81.9 Å². The van der Waals surface area contributed by atoms with Crippen molar-refractivity contribution >= 4 is 33.6 Å². The van der Waals surface area contributed by atoms with Gasteiger partial charge in [0, 0.05) is 5.02 Å². The van der Waals surface area contributed by atoms with Crippen LogP contribution in [-0.4, -0.2) is 21.7 Å². The molecule has 0 saturated heterocycles. The third kappa shape index (κ3) is 5.57. The van der Waals surface area contributed by atoms with Gasteiger partial charge >= 0.3 is 10.1 Å². The average molecular weight is 459 g/mol. The number of nitrogens with one attached hydrogen (secondary N) is 1. The molecular weight excluding hydrogens is 436 g/mol. The predicted octanol–water partition coefficient (Wildman–Crippen LogP) is 5.49. The maximum absolute atomic E-state index is 12.8. The minimum atomic E-state index is -4.01. The summed E-state index contributed by atoms with van der Waals surface area (Å²) in [5.41, 5.74) is 6.76. The second kappa shape index (κ2) is 9.41. The van der Waals surface area contributed by atoms with E-state index < -0.39 is 10.1 Å². The highest BCUT2D eigenvalue weighted by Crippen LogP contribution is 2.31. The Balaban J connectivity index is 1.79. The summed E-state index contributed by atoms with van der Waals surface area (Å²) in [7, 11) is -2.57. The van der Waals surface area contributed by atoms with Crippen molar-refractivity contribution in [3.63, 3.8) is 0 Å². The predicted molar refractivity (Wildman–Crippen MR) is 124 cm³/mol. The van der Waals surface area contributed by atoms with Crippen LogP contribution in [-0.2, 0) is 10.1 Å². The summed E-state index contributed by atoms with van der Waals surface area (Å²) in [6, 6.07) is 15.6. The van der Waals surface area contributed by atoms with Crippen molar-refractivity contribution in [3.8, 4) is 11.5 Å². The van der Waals surface area contributed by atoms with E-state index in [2.05, 4.69) is 10.5 Å². The molecule has 0 fully saturated rings. The molecule has 0 saturated carbocycles. The number of nitrogens with zero attached hydrogens (tertiary/aromatic N) is 1. The van der Waals surface area contributed by atoms with Gasteiger partial charge in [-0.2, -0.15) is 13.5 Å². The maximum atomic E-state index is 12.8. The van der Waals surface area contributed by atoms with E-state index in [1.807, 2.05) is 32.0 Å². The molecule has 0 bridgehead atoms. The average Bonchev–Trinajstić information content (AvgIpc) is 2.73. The second-order valence-corrected chi connectivity index (χ2v) is 8.97. The van der Waals surface area contributed by atoms with Gasteiger partial charge in [0.2, 0.25) is 0 Å². The van der Waals surface area contributed by atoms with Gasteiger partial charge in [0.25, 0.3) is 0 Å². The van der Waals surface area contributed by atoms with Gasteiger partial charge in [-0.3, -0.25) is 5.43 Å². The molecule has 0 unspecified atom stereocenters. The number of aryl methyl sites for hydroxylation is 3. The Morgan fingerprint density at radius 3 is 2.39 bits per heavy atom. The molecule has 0 amide bonds. The van der Waals surface area contributed by atoms with Crippen LogP contribution >= 0.6 is 11.6 Å². The van der Waals surface area contributed by atoms with Gasteiger partial charge in [0.1, 0.15) is 4.90 Å². The lowest BCUT2D eigenvalue weighted by Gasteiger charge is -2.13. The topological polar surface area (TPSA) is 77.0 Å². The third-order valence-corrected chi connectivity index (χ3v) is 6.36. The second-order valence-electron chi connectivity index (χ2n) is 7.05. The first-order chi connectivity index (χ1) is 14.7. The minimum Gasteiger partial charge on any atom is -0.493 e. The lowest BCUT2D eigenvalue weighted by Crippen LogP contribution is -2.12. The number of hydrazone groups is 1. The highest BCUT2D eigenvalue weighted by molar-refractivity contribution is 7.87. The molecule has 162 valence electrons. The van der Waals surface area contributed by atoms with Crippen LogP contribution in [0.4, 0.5) is 5.69 Å². The van der Waals surface area contributed by atoms with Crippen molar-refractivity contribution in [2.75, 3.05) is 12.5 Å². The Hall–Kier alpha value is -3.03. The fraction of sp³-hybridized carbons (Fsp3) is 0.174. The molecule has 3 aromatic rings. The summed E-state index contributed by atoms with van der Waals surface area (Å²) in [5.74, 6) is 0.370. The number of ether oxygens (including phenoxy) is 1. The smallest absolute Gasteiger partial charge is 0.339 e. The number of anilines is 1. The van der Waals surface area contributed by atoms with Crippen LogP contribution in [0.15, 0.2) is 64.6 Å². The van der Waals surface area contributed by atoms with Crippen molar-refractivity contribution < 1.29 is 17.3 Å². The SMILES string of the molecule is COc1cc(/C=N\Nc2ccc(C)c(Cl)c2)ccc1OS(=O)(=O)c1cc(C)ccc1C. The molecule has 0 atom stereocenters. The fourth-order valence-electron chi connectivity index (χ4n) is 2.82. The van der Waals surface area contributed by atoms with Gasteiger partial charge in [0.05, 0.1) is 19.0 Å². The lowest BCUT2D eigenvalue weighted by molar-refractivity contribution is 0.390. The molecule has 3 aromatic carbocycles. The molecule has 6 nitrogen and oxygen atoms in total. The summed E-state index contributed by atoms with van der Waals surface area (Å²) >= 11 is 6.11. The highest BCUT2D eigenvalue weighted by atomic mass is 35.5. The number of rotatable bonds is 7. The Morgan fingerprint density at radius 1 is 0.935 bits per heavy atom. The normalized spacial score (nSPS) is 11.5. The van der Waals surface area contributed by atoms with E-state index in [1.165, 1.54) is 13.2 Å². The van der Waals surface area contributed by atoms with Crippen LogP contribution in [0.5, 0.6) is 11.5 Å². The largest absolute Gasteiger partial charge is 0.493 e.